The molecule has 0 spiro atoms. The van der Waals surface area contributed by atoms with Crippen LogP contribution in [0.1, 0.15) is 17.7 Å². The molecular weight excluding hydrogens is 455 g/mol. The van der Waals surface area contributed by atoms with E-state index in [2.05, 4.69) is 4.98 Å². The van der Waals surface area contributed by atoms with Gasteiger partial charge in [0.05, 0.1) is 47.6 Å². The smallest absolute Gasteiger partial charge is 0.266 e. The summed E-state index contributed by atoms with van der Waals surface area (Å²) in [5, 5.41) is 9.64. The molecule has 34 heavy (non-hydrogen) atoms. The fourth-order valence-electron chi connectivity index (χ4n) is 3.44. The van der Waals surface area contributed by atoms with E-state index in [-0.39, 0.29) is 41.9 Å². The van der Waals surface area contributed by atoms with Crippen LogP contribution in [0.5, 0.6) is 0 Å². The zero-order chi connectivity index (χ0) is 24.1. The van der Waals surface area contributed by atoms with Gasteiger partial charge in [-0.25, -0.2) is 9.37 Å². The van der Waals surface area contributed by atoms with E-state index in [9.17, 15) is 14.0 Å². The third kappa shape index (κ3) is 5.02. The number of aromatic nitrogens is 2. The molecule has 0 fully saturated rings. The Morgan fingerprint density at radius 1 is 1.24 bits per heavy atom. The number of thioether (sulfide) groups is 1. The molecule has 0 aliphatic rings. The molecule has 0 unspecified atom stereocenters. The number of nitrogens with zero attached hydrogens (tertiary/aromatic N) is 4. The fraction of sp³-hybridized carbons (Fsp3) is 0.200. The first kappa shape index (κ1) is 23.3. The second-order valence-corrected chi connectivity index (χ2v) is 8.52. The first-order chi connectivity index (χ1) is 16.5. The van der Waals surface area contributed by atoms with Gasteiger partial charge >= 0.3 is 0 Å². The summed E-state index contributed by atoms with van der Waals surface area (Å²) in [6.07, 6.45) is 1.70. The number of amides is 1. The van der Waals surface area contributed by atoms with Crippen LogP contribution in [-0.4, -0.2) is 32.7 Å². The van der Waals surface area contributed by atoms with Crippen LogP contribution in [0.3, 0.4) is 0 Å². The van der Waals surface area contributed by atoms with Crippen molar-refractivity contribution in [2.75, 3.05) is 12.3 Å². The minimum Gasteiger partial charge on any atom is -0.467 e. The van der Waals surface area contributed by atoms with Crippen molar-refractivity contribution in [1.29, 1.82) is 5.26 Å². The Hall–Kier alpha value is -3.90. The molecule has 0 saturated carbocycles. The normalized spacial score (nSPS) is 10.9. The summed E-state index contributed by atoms with van der Waals surface area (Å²) in [4.78, 5) is 32.5. The monoisotopic (exact) mass is 476 g/mol. The third-order valence-corrected chi connectivity index (χ3v) is 6.18. The van der Waals surface area contributed by atoms with Crippen LogP contribution in [0.15, 0.2) is 75.2 Å². The molecule has 4 aromatic rings. The van der Waals surface area contributed by atoms with Gasteiger partial charge in [0.25, 0.3) is 5.56 Å². The predicted octanol–water partition coefficient (Wildman–Crippen LogP) is 4.46. The number of para-hydroxylation sites is 1. The van der Waals surface area contributed by atoms with E-state index in [1.54, 1.807) is 55.5 Å². The van der Waals surface area contributed by atoms with Gasteiger partial charge in [0.2, 0.25) is 5.91 Å². The van der Waals surface area contributed by atoms with Crippen molar-refractivity contribution in [2.24, 2.45) is 0 Å². The molecule has 7 nitrogen and oxygen atoms in total. The number of carbonyl (C=O) groups excluding carboxylic acids is 1. The molecule has 2 aromatic heterocycles. The summed E-state index contributed by atoms with van der Waals surface area (Å²) in [6, 6.07) is 17.0. The molecule has 0 N–H and O–H groups in total. The van der Waals surface area contributed by atoms with Gasteiger partial charge in [-0.1, -0.05) is 30.0 Å². The molecule has 0 saturated heterocycles. The van der Waals surface area contributed by atoms with Gasteiger partial charge in [0, 0.05) is 6.54 Å². The maximum atomic E-state index is 14.3. The van der Waals surface area contributed by atoms with Crippen molar-refractivity contribution >= 4 is 28.6 Å². The average molecular weight is 477 g/mol. The number of halogens is 1. The highest BCUT2D eigenvalue weighted by atomic mass is 32.2. The molecule has 0 aliphatic heterocycles. The van der Waals surface area contributed by atoms with Gasteiger partial charge in [0.15, 0.2) is 5.16 Å². The summed E-state index contributed by atoms with van der Waals surface area (Å²) in [5.41, 5.74) is 0.933. The Morgan fingerprint density at radius 3 is 2.79 bits per heavy atom. The summed E-state index contributed by atoms with van der Waals surface area (Å²) >= 11 is 1.09. The van der Waals surface area contributed by atoms with Crippen LogP contribution in [0.2, 0.25) is 0 Å². The van der Waals surface area contributed by atoms with Gasteiger partial charge in [-0.2, -0.15) is 5.26 Å². The molecule has 2 heterocycles. The molecule has 0 atom stereocenters. The average Bonchev–Trinajstić information content (AvgIpc) is 3.35. The second kappa shape index (κ2) is 10.4. The number of benzene rings is 2. The number of nitriles is 1. The van der Waals surface area contributed by atoms with Gasteiger partial charge in [-0.15, -0.1) is 0 Å². The Labute approximate surface area is 199 Å². The van der Waals surface area contributed by atoms with E-state index in [4.69, 9.17) is 9.68 Å². The highest BCUT2D eigenvalue weighted by Gasteiger charge is 2.19. The van der Waals surface area contributed by atoms with Gasteiger partial charge in [-0.3, -0.25) is 14.2 Å². The SMILES string of the molecule is Cc1ccc(-n2c(SCC(=O)N(CCC#N)Cc3ccco3)nc3ccccc3c2=O)cc1F. The Balaban J connectivity index is 1.67. The maximum Gasteiger partial charge on any atom is 0.266 e. The lowest BCUT2D eigenvalue weighted by atomic mass is 10.2. The minimum absolute atomic E-state index is 0.0226. The van der Waals surface area contributed by atoms with E-state index < -0.39 is 5.82 Å². The quantitative estimate of drug-likeness (QED) is 0.275. The lowest BCUT2D eigenvalue weighted by Gasteiger charge is -2.20. The van der Waals surface area contributed by atoms with E-state index in [1.165, 1.54) is 21.8 Å². The van der Waals surface area contributed by atoms with Gasteiger partial charge in [0.1, 0.15) is 11.6 Å². The van der Waals surface area contributed by atoms with Crippen LogP contribution in [0.4, 0.5) is 4.39 Å². The van der Waals surface area contributed by atoms with Crippen LogP contribution in [0.25, 0.3) is 16.6 Å². The van der Waals surface area contributed by atoms with E-state index in [0.717, 1.165) is 11.8 Å². The number of hydrogen-bond acceptors (Lipinski definition) is 6. The first-order valence-electron chi connectivity index (χ1n) is 10.6. The van der Waals surface area contributed by atoms with Crippen molar-refractivity contribution in [2.45, 2.75) is 25.0 Å². The molecular formula is C25H21FN4O3S. The maximum absolute atomic E-state index is 14.3. The van der Waals surface area contributed by atoms with Crippen LogP contribution >= 0.6 is 11.8 Å². The van der Waals surface area contributed by atoms with Crippen molar-refractivity contribution in [3.8, 4) is 11.8 Å². The molecule has 9 heteroatoms. The van der Waals surface area contributed by atoms with Crippen molar-refractivity contribution in [3.05, 3.63) is 88.4 Å². The highest BCUT2D eigenvalue weighted by molar-refractivity contribution is 7.99. The van der Waals surface area contributed by atoms with E-state index in [0.29, 0.717) is 27.9 Å². The molecule has 1 amide bonds. The first-order valence-corrected chi connectivity index (χ1v) is 11.5. The molecule has 172 valence electrons. The second-order valence-electron chi connectivity index (χ2n) is 7.58. The zero-order valence-electron chi connectivity index (χ0n) is 18.4. The topological polar surface area (TPSA) is 92.1 Å². The summed E-state index contributed by atoms with van der Waals surface area (Å²) in [5.74, 6) is -0.0933. The Bertz CT molecular complexity index is 1430. The largest absolute Gasteiger partial charge is 0.467 e. The van der Waals surface area contributed by atoms with Crippen LogP contribution in [0, 0.1) is 24.1 Å². The van der Waals surface area contributed by atoms with Crippen molar-refractivity contribution in [1.82, 2.24) is 14.5 Å². The molecule has 2 aromatic carbocycles. The number of aryl methyl sites for hydroxylation is 1. The fourth-order valence-corrected chi connectivity index (χ4v) is 4.36. The molecule has 0 aliphatic carbocycles. The Morgan fingerprint density at radius 2 is 2.06 bits per heavy atom. The summed E-state index contributed by atoms with van der Waals surface area (Å²) in [7, 11) is 0. The van der Waals surface area contributed by atoms with E-state index in [1.807, 2.05) is 6.07 Å². The number of rotatable bonds is 8. The lowest BCUT2D eigenvalue weighted by Crippen LogP contribution is -2.33. The predicted molar refractivity (Wildman–Crippen MR) is 127 cm³/mol. The van der Waals surface area contributed by atoms with Crippen LogP contribution < -0.4 is 5.56 Å². The van der Waals surface area contributed by atoms with Crippen molar-refractivity contribution < 1.29 is 13.6 Å². The Kier molecular flexibility index (Phi) is 7.09. The van der Waals surface area contributed by atoms with Gasteiger partial charge in [-0.05, 0) is 48.9 Å². The highest BCUT2D eigenvalue weighted by Crippen LogP contribution is 2.23. The lowest BCUT2D eigenvalue weighted by molar-refractivity contribution is -0.129. The van der Waals surface area contributed by atoms with Crippen molar-refractivity contribution in [3.63, 3.8) is 0 Å². The van der Waals surface area contributed by atoms with Crippen LogP contribution in [-0.2, 0) is 11.3 Å². The number of carbonyl (C=O) groups is 1. The number of hydrogen-bond donors (Lipinski definition) is 0. The molecule has 0 radical (unpaired) electrons. The summed E-state index contributed by atoms with van der Waals surface area (Å²) in [6.45, 7) is 2.12. The molecule has 0 bridgehead atoms. The van der Waals surface area contributed by atoms with Gasteiger partial charge < -0.3 is 9.32 Å². The summed E-state index contributed by atoms with van der Waals surface area (Å²) < 4.78 is 21.0. The number of fused-ring (bicyclic) bond motifs is 1. The minimum atomic E-state index is -0.439. The number of furan rings is 1. The standard InChI is InChI=1S/C25H21FN4O3S/c1-17-9-10-18(14-21(17)26)30-24(32)20-7-2-3-8-22(20)28-25(30)34-16-23(31)29(12-5-11-27)15-19-6-4-13-33-19/h2-4,6-10,13-14H,5,12,15-16H2,1H3. The third-order valence-electron chi connectivity index (χ3n) is 5.26. The zero-order valence-corrected chi connectivity index (χ0v) is 19.2. The molecule has 4 rings (SSSR count). The van der Waals surface area contributed by atoms with E-state index >= 15 is 0 Å².